The Morgan fingerprint density at radius 1 is 1.00 bits per heavy atom. The summed E-state index contributed by atoms with van der Waals surface area (Å²) in [5, 5.41) is 0.586. The summed E-state index contributed by atoms with van der Waals surface area (Å²) < 4.78 is 13.2. The van der Waals surface area contributed by atoms with Gasteiger partial charge in [0.2, 0.25) is 5.43 Å². The fraction of sp³-hybridized carbons (Fsp3) is 0.160. The Morgan fingerprint density at radius 2 is 1.77 bits per heavy atom. The summed E-state index contributed by atoms with van der Waals surface area (Å²) in [6.45, 7) is 3.80. The lowest BCUT2D eigenvalue weighted by molar-refractivity contribution is 0.0890. The van der Waals surface area contributed by atoms with Gasteiger partial charge in [-0.05, 0) is 42.3 Å². The minimum Gasteiger partial charge on any atom is -0.478 e. The predicted octanol–water partition coefficient (Wildman–Crippen LogP) is 5.88. The quantitative estimate of drug-likeness (QED) is 0.381. The highest BCUT2D eigenvalue weighted by molar-refractivity contribution is 9.10. The van der Waals surface area contributed by atoms with E-state index >= 15 is 0 Å². The van der Waals surface area contributed by atoms with E-state index in [0.29, 0.717) is 35.6 Å². The van der Waals surface area contributed by atoms with Crippen LogP contribution < -0.4 is 10.2 Å². The molecule has 0 saturated heterocycles. The van der Waals surface area contributed by atoms with Crippen LogP contribution in [0, 0.1) is 6.92 Å². The number of aryl methyl sites for hydroxylation is 1. The fourth-order valence-corrected chi connectivity index (χ4v) is 4.28. The molecule has 0 aliphatic carbocycles. The number of benzene rings is 3. The monoisotopic (exact) mass is 461 g/mol. The Hall–Kier alpha value is -2.89. The summed E-state index contributed by atoms with van der Waals surface area (Å²) in [4.78, 5) is 15.6. The molecule has 150 valence electrons. The number of halogens is 1. The number of ether oxygens (including phenoxy) is 1. The van der Waals surface area contributed by atoms with Gasteiger partial charge in [-0.25, -0.2) is 0 Å². The molecular formula is C25H20BrNO3. The van der Waals surface area contributed by atoms with Crippen LogP contribution in [0.25, 0.3) is 22.1 Å². The molecule has 0 radical (unpaired) electrons. The average Bonchev–Trinajstić information content (AvgIpc) is 2.76. The molecule has 0 fully saturated rings. The van der Waals surface area contributed by atoms with Gasteiger partial charge in [-0.3, -0.25) is 9.69 Å². The van der Waals surface area contributed by atoms with E-state index in [1.54, 1.807) is 0 Å². The van der Waals surface area contributed by atoms with E-state index in [4.69, 9.17) is 9.15 Å². The molecule has 30 heavy (non-hydrogen) atoms. The van der Waals surface area contributed by atoms with E-state index in [1.165, 1.54) is 5.56 Å². The zero-order valence-electron chi connectivity index (χ0n) is 16.5. The smallest absolute Gasteiger partial charge is 0.200 e. The standard InChI is InChI=1S/C25H20BrNO3/c1-16-23(18-7-9-19(26)10-8-18)24(28)20-11-12-22-21(25(20)30-16)14-27(15-29-22)13-17-5-3-2-4-6-17/h2-12H,13-15H2,1H3. The first kappa shape index (κ1) is 19.1. The van der Waals surface area contributed by atoms with Crippen LogP contribution in [0.15, 0.2) is 80.4 Å². The molecule has 0 unspecified atom stereocenters. The summed E-state index contributed by atoms with van der Waals surface area (Å²) in [6, 6.07) is 21.7. The van der Waals surface area contributed by atoms with Crippen molar-refractivity contribution < 1.29 is 9.15 Å². The van der Waals surface area contributed by atoms with Gasteiger partial charge in [-0.2, -0.15) is 0 Å². The van der Waals surface area contributed by atoms with E-state index in [0.717, 1.165) is 27.9 Å². The largest absolute Gasteiger partial charge is 0.478 e. The van der Waals surface area contributed by atoms with Crippen molar-refractivity contribution in [2.24, 2.45) is 0 Å². The first-order valence-corrected chi connectivity index (χ1v) is 10.6. The molecule has 4 nitrogen and oxygen atoms in total. The molecule has 1 aromatic heterocycles. The maximum atomic E-state index is 13.4. The van der Waals surface area contributed by atoms with E-state index < -0.39 is 0 Å². The van der Waals surface area contributed by atoms with Gasteiger partial charge in [0.25, 0.3) is 0 Å². The van der Waals surface area contributed by atoms with Crippen molar-refractivity contribution >= 4 is 26.9 Å². The molecular weight excluding hydrogens is 442 g/mol. The predicted molar refractivity (Wildman–Crippen MR) is 122 cm³/mol. The Balaban J connectivity index is 1.58. The van der Waals surface area contributed by atoms with Crippen LogP contribution >= 0.6 is 15.9 Å². The van der Waals surface area contributed by atoms with Gasteiger partial charge >= 0.3 is 0 Å². The lowest BCUT2D eigenvalue weighted by atomic mass is 10.0. The van der Waals surface area contributed by atoms with Crippen LogP contribution in [0.2, 0.25) is 0 Å². The third-order valence-corrected chi connectivity index (χ3v) is 5.99. The van der Waals surface area contributed by atoms with Crippen molar-refractivity contribution in [1.82, 2.24) is 4.90 Å². The van der Waals surface area contributed by atoms with Gasteiger partial charge in [-0.1, -0.05) is 58.4 Å². The van der Waals surface area contributed by atoms with Crippen LogP contribution in [-0.4, -0.2) is 11.6 Å². The van der Waals surface area contributed by atoms with Gasteiger partial charge < -0.3 is 9.15 Å². The summed E-state index contributed by atoms with van der Waals surface area (Å²) in [5.74, 6) is 1.40. The van der Waals surface area contributed by atoms with Crippen molar-refractivity contribution in [2.45, 2.75) is 20.0 Å². The molecule has 5 rings (SSSR count). The number of hydrogen-bond donors (Lipinski definition) is 0. The highest BCUT2D eigenvalue weighted by atomic mass is 79.9. The molecule has 2 heterocycles. The topological polar surface area (TPSA) is 42.7 Å². The first-order chi connectivity index (χ1) is 14.6. The number of rotatable bonds is 3. The molecule has 0 atom stereocenters. The Bertz CT molecular complexity index is 1280. The lowest BCUT2D eigenvalue weighted by Crippen LogP contribution is -2.31. The van der Waals surface area contributed by atoms with Crippen molar-refractivity contribution in [3.63, 3.8) is 0 Å². The van der Waals surface area contributed by atoms with Gasteiger partial charge in [-0.15, -0.1) is 0 Å². The minimum absolute atomic E-state index is 0.0148. The summed E-state index contributed by atoms with van der Waals surface area (Å²) in [7, 11) is 0. The highest BCUT2D eigenvalue weighted by Gasteiger charge is 2.24. The average molecular weight is 462 g/mol. The number of nitrogens with zero attached hydrogens (tertiary/aromatic N) is 1. The zero-order chi connectivity index (χ0) is 20.7. The lowest BCUT2D eigenvalue weighted by Gasteiger charge is -2.29. The Morgan fingerprint density at radius 3 is 2.53 bits per heavy atom. The van der Waals surface area contributed by atoms with Crippen LogP contribution in [0.4, 0.5) is 0 Å². The zero-order valence-corrected chi connectivity index (χ0v) is 18.1. The second kappa shape index (κ2) is 7.74. The molecule has 0 amide bonds. The maximum Gasteiger partial charge on any atom is 0.200 e. The summed E-state index contributed by atoms with van der Waals surface area (Å²) in [6.07, 6.45) is 0. The second-order valence-electron chi connectivity index (χ2n) is 7.53. The molecule has 0 saturated carbocycles. The minimum atomic E-state index is -0.0148. The molecule has 0 bridgehead atoms. The molecule has 0 N–H and O–H groups in total. The SMILES string of the molecule is Cc1oc2c3c(ccc2c(=O)c1-c1ccc(Br)cc1)OCN(Cc1ccccc1)C3. The fourth-order valence-electron chi connectivity index (χ4n) is 4.01. The van der Waals surface area contributed by atoms with E-state index in [1.807, 2.05) is 61.5 Å². The second-order valence-corrected chi connectivity index (χ2v) is 8.45. The highest BCUT2D eigenvalue weighted by Crippen LogP contribution is 2.34. The molecule has 1 aliphatic rings. The van der Waals surface area contributed by atoms with Crippen molar-refractivity contribution in [1.29, 1.82) is 0 Å². The van der Waals surface area contributed by atoms with Gasteiger partial charge in [0, 0.05) is 17.6 Å². The van der Waals surface area contributed by atoms with Crippen LogP contribution in [0.1, 0.15) is 16.9 Å². The number of hydrogen-bond acceptors (Lipinski definition) is 4. The van der Waals surface area contributed by atoms with E-state index in [-0.39, 0.29) is 5.43 Å². The molecule has 0 spiro atoms. The van der Waals surface area contributed by atoms with Crippen LogP contribution in [-0.2, 0) is 13.1 Å². The number of fused-ring (bicyclic) bond motifs is 3. The third-order valence-electron chi connectivity index (χ3n) is 5.46. The molecule has 5 heteroatoms. The van der Waals surface area contributed by atoms with Crippen LogP contribution in [0.5, 0.6) is 5.75 Å². The third kappa shape index (κ3) is 3.44. The Labute approximate surface area is 182 Å². The summed E-state index contributed by atoms with van der Waals surface area (Å²) >= 11 is 3.45. The van der Waals surface area contributed by atoms with Gasteiger partial charge in [0.1, 0.15) is 23.8 Å². The first-order valence-electron chi connectivity index (χ1n) is 9.84. The van der Waals surface area contributed by atoms with Gasteiger partial charge in [0.05, 0.1) is 16.5 Å². The normalized spacial score (nSPS) is 13.8. The molecule has 3 aromatic carbocycles. The van der Waals surface area contributed by atoms with E-state index in [9.17, 15) is 4.79 Å². The Kier molecular flexibility index (Phi) is 4.93. The molecule has 1 aliphatic heterocycles. The van der Waals surface area contributed by atoms with Crippen LogP contribution in [0.3, 0.4) is 0 Å². The maximum absolute atomic E-state index is 13.4. The van der Waals surface area contributed by atoms with Gasteiger partial charge in [0.15, 0.2) is 0 Å². The van der Waals surface area contributed by atoms with E-state index in [2.05, 4.69) is 33.0 Å². The van der Waals surface area contributed by atoms with Crippen molar-refractivity contribution in [3.8, 4) is 16.9 Å². The molecule has 4 aromatic rings. The summed E-state index contributed by atoms with van der Waals surface area (Å²) in [5.41, 5.74) is 4.21. The van der Waals surface area contributed by atoms with Crippen molar-refractivity contribution in [3.05, 3.63) is 98.3 Å². The van der Waals surface area contributed by atoms with Crippen molar-refractivity contribution in [2.75, 3.05) is 6.73 Å².